The average Bonchev–Trinajstić information content (AvgIpc) is 3.15. The van der Waals surface area contributed by atoms with Crippen molar-refractivity contribution in [1.29, 1.82) is 0 Å². The zero-order valence-corrected chi connectivity index (χ0v) is 16.7. The van der Waals surface area contributed by atoms with Crippen molar-refractivity contribution in [2.24, 2.45) is 0 Å². The Bertz CT molecular complexity index is 1160. The summed E-state index contributed by atoms with van der Waals surface area (Å²) in [6.07, 6.45) is 0. The van der Waals surface area contributed by atoms with Gasteiger partial charge in [0.2, 0.25) is 0 Å². The van der Waals surface area contributed by atoms with Crippen LogP contribution < -0.4 is 5.46 Å². The minimum absolute atomic E-state index is 0.327. The highest BCUT2D eigenvalue weighted by molar-refractivity contribution is 6.62. The summed E-state index contributed by atoms with van der Waals surface area (Å²) in [5.74, 6) is 0. The van der Waals surface area contributed by atoms with Crippen molar-refractivity contribution in [2.45, 2.75) is 38.9 Å². The lowest BCUT2D eigenvalue weighted by molar-refractivity contribution is 0.00578. The van der Waals surface area contributed by atoms with E-state index in [1.165, 1.54) is 32.9 Å². The molecule has 0 aliphatic carbocycles. The second kappa shape index (κ2) is 5.97. The second-order valence-electron chi connectivity index (χ2n) is 8.61. The van der Waals surface area contributed by atoms with Crippen molar-refractivity contribution in [3.63, 3.8) is 0 Å². The van der Waals surface area contributed by atoms with E-state index in [2.05, 4.69) is 99.4 Å². The van der Waals surface area contributed by atoms with E-state index in [1.807, 2.05) is 0 Å². The number of H-pyrrole nitrogens is 1. The van der Waals surface area contributed by atoms with E-state index in [4.69, 9.17) is 9.31 Å². The van der Waals surface area contributed by atoms with Crippen molar-refractivity contribution in [3.05, 3.63) is 66.7 Å². The van der Waals surface area contributed by atoms with Crippen LogP contribution in [-0.4, -0.2) is 23.3 Å². The van der Waals surface area contributed by atoms with Gasteiger partial charge in [0.05, 0.1) is 16.7 Å². The number of aromatic amines is 1. The summed E-state index contributed by atoms with van der Waals surface area (Å²) in [6.45, 7) is 8.33. The molecular weight excluding hydrogens is 345 g/mol. The monoisotopic (exact) mass is 369 g/mol. The molecule has 5 rings (SSSR count). The molecule has 4 aromatic rings. The Balaban J connectivity index is 1.53. The van der Waals surface area contributed by atoms with Crippen LogP contribution in [0.3, 0.4) is 0 Å². The summed E-state index contributed by atoms with van der Waals surface area (Å²) < 4.78 is 12.4. The predicted molar refractivity (Wildman–Crippen MR) is 117 cm³/mol. The summed E-state index contributed by atoms with van der Waals surface area (Å²) in [5.41, 5.74) is 5.11. The maximum absolute atomic E-state index is 6.18. The van der Waals surface area contributed by atoms with E-state index in [1.54, 1.807) is 0 Å². The van der Waals surface area contributed by atoms with Gasteiger partial charge in [-0.15, -0.1) is 0 Å². The molecule has 0 unspecified atom stereocenters. The lowest BCUT2D eigenvalue weighted by Crippen LogP contribution is -2.41. The van der Waals surface area contributed by atoms with E-state index in [9.17, 15) is 0 Å². The molecule has 0 saturated carbocycles. The van der Waals surface area contributed by atoms with Gasteiger partial charge < -0.3 is 14.3 Å². The molecule has 3 nitrogen and oxygen atoms in total. The number of nitrogens with one attached hydrogen (secondary N) is 1. The third-order valence-corrected chi connectivity index (χ3v) is 6.29. The van der Waals surface area contributed by atoms with Gasteiger partial charge >= 0.3 is 7.12 Å². The van der Waals surface area contributed by atoms with Crippen LogP contribution in [0.2, 0.25) is 0 Å². The van der Waals surface area contributed by atoms with Gasteiger partial charge in [-0.2, -0.15) is 0 Å². The normalized spacial score (nSPS) is 18.2. The Hall–Kier alpha value is -2.56. The summed E-state index contributed by atoms with van der Waals surface area (Å²) in [6, 6.07) is 23.4. The molecular formula is C24H24BNO2. The van der Waals surface area contributed by atoms with Crippen LogP contribution in [0, 0.1) is 0 Å². The smallest absolute Gasteiger partial charge is 0.399 e. The average molecular weight is 369 g/mol. The van der Waals surface area contributed by atoms with Crippen LogP contribution in [0.25, 0.3) is 32.9 Å². The molecule has 1 aliphatic rings. The first kappa shape index (κ1) is 17.5. The molecule has 4 heteroatoms. The molecule has 0 amide bonds. The minimum atomic E-state index is -0.331. The van der Waals surface area contributed by atoms with Crippen molar-refractivity contribution in [2.75, 3.05) is 0 Å². The first-order chi connectivity index (χ1) is 13.4. The molecule has 0 atom stereocenters. The van der Waals surface area contributed by atoms with Crippen LogP contribution in [0.5, 0.6) is 0 Å². The third-order valence-electron chi connectivity index (χ3n) is 6.29. The molecule has 0 bridgehead atoms. The van der Waals surface area contributed by atoms with Gasteiger partial charge in [-0.25, -0.2) is 0 Å². The Morgan fingerprint density at radius 1 is 0.714 bits per heavy atom. The molecule has 1 aliphatic heterocycles. The van der Waals surface area contributed by atoms with Gasteiger partial charge in [-0.05, 0) is 44.8 Å². The highest BCUT2D eigenvalue weighted by Crippen LogP contribution is 2.37. The lowest BCUT2D eigenvalue weighted by atomic mass is 9.78. The molecule has 1 N–H and O–H groups in total. The van der Waals surface area contributed by atoms with E-state index in [0.29, 0.717) is 0 Å². The largest absolute Gasteiger partial charge is 0.494 e. The Kier molecular flexibility index (Phi) is 3.74. The summed E-state index contributed by atoms with van der Waals surface area (Å²) in [5, 5.41) is 2.51. The van der Waals surface area contributed by atoms with Gasteiger partial charge in [0.15, 0.2) is 0 Å². The highest BCUT2D eigenvalue weighted by Gasteiger charge is 2.51. The van der Waals surface area contributed by atoms with Crippen LogP contribution >= 0.6 is 0 Å². The SMILES string of the molecule is CC1(C)OB(c2ccc(-c3cccc4c3[nH]c3ccccc34)cc2)OC1(C)C. The first-order valence-electron chi connectivity index (χ1n) is 9.81. The topological polar surface area (TPSA) is 34.2 Å². The van der Waals surface area contributed by atoms with E-state index in [-0.39, 0.29) is 18.3 Å². The zero-order chi connectivity index (χ0) is 19.5. The summed E-state index contributed by atoms with van der Waals surface area (Å²) in [7, 11) is -0.331. The van der Waals surface area contributed by atoms with Crippen molar-refractivity contribution in [1.82, 2.24) is 4.98 Å². The highest BCUT2D eigenvalue weighted by atomic mass is 16.7. The van der Waals surface area contributed by atoms with Crippen LogP contribution in [0.1, 0.15) is 27.7 Å². The van der Waals surface area contributed by atoms with Crippen LogP contribution in [-0.2, 0) is 9.31 Å². The van der Waals surface area contributed by atoms with Gasteiger partial charge in [0.25, 0.3) is 0 Å². The molecule has 3 aromatic carbocycles. The molecule has 140 valence electrons. The quantitative estimate of drug-likeness (QED) is 0.488. The van der Waals surface area contributed by atoms with Gasteiger partial charge in [-0.3, -0.25) is 0 Å². The van der Waals surface area contributed by atoms with Crippen LogP contribution in [0.4, 0.5) is 0 Å². The number of benzene rings is 3. The molecule has 1 fully saturated rings. The number of hydrogen-bond acceptors (Lipinski definition) is 2. The van der Waals surface area contributed by atoms with E-state index in [0.717, 1.165) is 5.46 Å². The van der Waals surface area contributed by atoms with Crippen molar-refractivity contribution >= 4 is 34.4 Å². The maximum atomic E-state index is 6.18. The fourth-order valence-corrected chi connectivity index (χ4v) is 3.91. The van der Waals surface area contributed by atoms with Crippen LogP contribution in [0.15, 0.2) is 66.7 Å². The summed E-state index contributed by atoms with van der Waals surface area (Å²) in [4.78, 5) is 3.59. The number of hydrogen-bond donors (Lipinski definition) is 1. The molecule has 1 saturated heterocycles. The number of aromatic nitrogens is 1. The molecule has 0 spiro atoms. The summed E-state index contributed by atoms with van der Waals surface area (Å²) >= 11 is 0. The minimum Gasteiger partial charge on any atom is -0.399 e. The van der Waals surface area contributed by atoms with Gasteiger partial charge in [0.1, 0.15) is 0 Å². The lowest BCUT2D eigenvalue weighted by Gasteiger charge is -2.32. The second-order valence-corrected chi connectivity index (χ2v) is 8.61. The zero-order valence-electron chi connectivity index (χ0n) is 16.7. The Morgan fingerprint density at radius 3 is 2.07 bits per heavy atom. The number of para-hydroxylation sites is 2. The Labute approximate surface area is 165 Å². The van der Waals surface area contributed by atoms with E-state index < -0.39 is 0 Å². The van der Waals surface area contributed by atoms with Gasteiger partial charge in [-0.1, -0.05) is 60.7 Å². The third kappa shape index (κ3) is 2.60. The van der Waals surface area contributed by atoms with Crippen molar-refractivity contribution in [3.8, 4) is 11.1 Å². The number of fused-ring (bicyclic) bond motifs is 3. The maximum Gasteiger partial charge on any atom is 0.494 e. The molecule has 0 radical (unpaired) electrons. The van der Waals surface area contributed by atoms with Crippen molar-refractivity contribution < 1.29 is 9.31 Å². The first-order valence-corrected chi connectivity index (χ1v) is 9.81. The fourth-order valence-electron chi connectivity index (χ4n) is 3.91. The molecule has 2 heterocycles. The molecule has 1 aromatic heterocycles. The standard InChI is InChI=1S/C24H24BNO2/c1-23(2)24(3,4)28-25(27-23)17-14-12-16(13-15-17)18-9-7-10-20-19-8-5-6-11-21(19)26-22(18)20/h5-15,26H,1-4H3. The predicted octanol–water partition coefficient (Wildman–Crippen LogP) is 5.29. The number of rotatable bonds is 2. The molecule has 28 heavy (non-hydrogen) atoms. The van der Waals surface area contributed by atoms with E-state index >= 15 is 0 Å². The van der Waals surface area contributed by atoms with Gasteiger partial charge in [0, 0.05) is 21.9 Å². The Morgan fingerprint density at radius 2 is 1.36 bits per heavy atom. The fraction of sp³-hybridized carbons (Fsp3) is 0.250.